The van der Waals surface area contributed by atoms with Gasteiger partial charge in [0.25, 0.3) is 0 Å². The molecule has 0 aromatic heterocycles. The predicted molar refractivity (Wildman–Crippen MR) is 44.6 cm³/mol. The Morgan fingerprint density at radius 2 is 2.00 bits per heavy atom. The van der Waals surface area contributed by atoms with Gasteiger partial charge in [-0.05, 0) is 19.9 Å². The molecule has 1 aliphatic heterocycles. The summed E-state index contributed by atoms with van der Waals surface area (Å²) in [6.07, 6.45) is 5.55. The van der Waals surface area contributed by atoms with Crippen molar-refractivity contribution in [1.82, 2.24) is 4.90 Å². The van der Waals surface area contributed by atoms with Gasteiger partial charge in [0.05, 0.1) is 0 Å². The summed E-state index contributed by atoms with van der Waals surface area (Å²) < 4.78 is 0. The van der Waals surface area contributed by atoms with E-state index in [2.05, 4.69) is 25.3 Å². The van der Waals surface area contributed by atoms with Crippen LogP contribution in [0.3, 0.4) is 0 Å². The third-order valence-electron chi connectivity index (χ3n) is 2.11. The Morgan fingerprint density at radius 3 is 2.50 bits per heavy atom. The van der Waals surface area contributed by atoms with E-state index in [9.17, 15) is 0 Å². The van der Waals surface area contributed by atoms with Crippen molar-refractivity contribution in [3.63, 3.8) is 0 Å². The topological polar surface area (TPSA) is 3.01 Å². The highest BCUT2D eigenvalue weighted by Gasteiger charge is 2.28. The van der Waals surface area contributed by atoms with Crippen molar-refractivity contribution in [3.05, 3.63) is 6.54 Å². The van der Waals surface area contributed by atoms with E-state index < -0.39 is 0 Å². The summed E-state index contributed by atoms with van der Waals surface area (Å²) in [4.78, 5) is 2.41. The molecule has 1 fully saturated rings. The summed E-state index contributed by atoms with van der Waals surface area (Å²) in [5, 5.41) is 0. The zero-order chi connectivity index (χ0) is 7.40. The summed E-state index contributed by atoms with van der Waals surface area (Å²) in [6, 6.07) is 0.779. The summed E-state index contributed by atoms with van der Waals surface area (Å²) >= 11 is 0. The first-order valence-electron chi connectivity index (χ1n) is 4.45. The zero-order valence-electron chi connectivity index (χ0n) is 7.14. The van der Waals surface area contributed by atoms with Gasteiger partial charge in [0.1, 0.15) is 0 Å². The van der Waals surface area contributed by atoms with Crippen LogP contribution in [0.25, 0.3) is 0 Å². The molecule has 1 radical (unpaired) electrons. The number of hydrogen-bond donors (Lipinski definition) is 0. The SMILES string of the molecule is CCCCCCN1[CH]C1C. The Bertz CT molecular complexity index is 90.7. The molecule has 0 amide bonds. The fourth-order valence-corrected chi connectivity index (χ4v) is 1.24. The zero-order valence-corrected chi connectivity index (χ0v) is 7.14. The molecule has 2 unspecified atom stereocenters. The molecule has 0 N–H and O–H groups in total. The monoisotopic (exact) mass is 140 g/mol. The van der Waals surface area contributed by atoms with Gasteiger partial charge in [-0.3, -0.25) is 4.90 Å². The Morgan fingerprint density at radius 1 is 1.30 bits per heavy atom. The van der Waals surface area contributed by atoms with Crippen LogP contribution in [-0.4, -0.2) is 17.5 Å². The molecule has 0 bridgehead atoms. The number of nitrogens with zero attached hydrogens (tertiary/aromatic N) is 1. The Hall–Kier alpha value is -0.0400. The van der Waals surface area contributed by atoms with E-state index in [-0.39, 0.29) is 0 Å². The quantitative estimate of drug-likeness (QED) is 0.418. The van der Waals surface area contributed by atoms with Gasteiger partial charge in [0.15, 0.2) is 0 Å². The van der Waals surface area contributed by atoms with Crippen LogP contribution in [0, 0.1) is 6.54 Å². The molecule has 1 saturated heterocycles. The van der Waals surface area contributed by atoms with E-state index in [1.807, 2.05) is 0 Å². The lowest BCUT2D eigenvalue weighted by Gasteiger charge is -1.99. The van der Waals surface area contributed by atoms with Crippen molar-refractivity contribution in [2.45, 2.75) is 45.6 Å². The molecule has 2 atom stereocenters. The average Bonchev–Trinajstić information content (AvgIpc) is 2.60. The van der Waals surface area contributed by atoms with Gasteiger partial charge in [-0.2, -0.15) is 0 Å². The fraction of sp³-hybridized carbons (Fsp3) is 0.889. The molecule has 0 aromatic rings. The van der Waals surface area contributed by atoms with Gasteiger partial charge in [-0.25, -0.2) is 0 Å². The lowest BCUT2D eigenvalue weighted by molar-refractivity contribution is 0.492. The lowest BCUT2D eigenvalue weighted by Crippen LogP contribution is -2.00. The van der Waals surface area contributed by atoms with E-state index in [1.54, 1.807) is 0 Å². The Kier molecular flexibility index (Phi) is 3.20. The largest absolute Gasteiger partial charge is 0.293 e. The molecule has 0 saturated carbocycles. The van der Waals surface area contributed by atoms with Gasteiger partial charge < -0.3 is 0 Å². The van der Waals surface area contributed by atoms with Crippen LogP contribution >= 0.6 is 0 Å². The Balaban J connectivity index is 1.78. The molecule has 1 nitrogen and oxygen atoms in total. The van der Waals surface area contributed by atoms with Crippen LogP contribution in [-0.2, 0) is 0 Å². The maximum Gasteiger partial charge on any atom is 0.0423 e. The highest BCUT2D eigenvalue weighted by atomic mass is 15.3. The summed E-state index contributed by atoms with van der Waals surface area (Å²) in [5.41, 5.74) is 0. The van der Waals surface area contributed by atoms with Crippen molar-refractivity contribution in [2.75, 3.05) is 6.54 Å². The van der Waals surface area contributed by atoms with E-state index in [0.717, 1.165) is 6.04 Å². The van der Waals surface area contributed by atoms with Crippen LogP contribution in [0.5, 0.6) is 0 Å². The van der Waals surface area contributed by atoms with Crippen molar-refractivity contribution in [1.29, 1.82) is 0 Å². The van der Waals surface area contributed by atoms with E-state index >= 15 is 0 Å². The summed E-state index contributed by atoms with van der Waals surface area (Å²) in [7, 11) is 0. The first kappa shape index (κ1) is 8.06. The van der Waals surface area contributed by atoms with Crippen LogP contribution in [0.4, 0.5) is 0 Å². The highest BCUT2D eigenvalue weighted by molar-refractivity contribution is 4.98. The van der Waals surface area contributed by atoms with Crippen LogP contribution < -0.4 is 0 Å². The summed E-state index contributed by atoms with van der Waals surface area (Å²) in [6.45, 7) is 8.10. The van der Waals surface area contributed by atoms with Crippen LogP contribution in [0.2, 0.25) is 0 Å². The molecule has 1 aliphatic rings. The van der Waals surface area contributed by atoms with Crippen LogP contribution in [0.15, 0.2) is 0 Å². The second-order valence-corrected chi connectivity index (χ2v) is 3.19. The third kappa shape index (κ3) is 2.70. The molecular weight excluding hydrogens is 122 g/mol. The van der Waals surface area contributed by atoms with Crippen molar-refractivity contribution in [3.8, 4) is 0 Å². The number of rotatable bonds is 5. The van der Waals surface area contributed by atoms with Crippen molar-refractivity contribution < 1.29 is 0 Å². The van der Waals surface area contributed by atoms with E-state index in [0.29, 0.717) is 0 Å². The van der Waals surface area contributed by atoms with Gasteiger partial charge in [0.2, 0.25) is 0 Å². The first-order chi connectivity index (χ1) is 4.84. The minimum Gasteiger partial charge on any atom is -0.293 e. The van der Waals surface area contributed by atoms with Crippen molar-refractivity contribution >= 4 is 0 Å². The lowest BCUT2D eigenvalue weighted by atomic mass is 10.2. The normalized spacial score (nSPS) is 30.6. The standard InChI is InChI=1S/C9H18N/c1-3-4-5-6-7-10-8-9(10)2/h8-9H,3-7H2,1-2H3. The average molecular weight is 140 g/mol. The molecule has 0 aromatic carbocycles. The maximum atomic E-state index is 2.41. The van der Waals surface area contributed by atoms with Gasteiger partial charge in [-0.1, -0.05) is 26.2 Å². The second-order valence-electron chi connectivity index (χ2n) is 3.19. The van der Waals surface area contributed by atoms with Gasteiger partial charge in [0, 0.05) is 12.6 Å². The fourth-order valence-electron chi connectivity index (χ4n) is 1.24. The smallest absolute Gasteiger partial charge is 0.0423 e. The molecule has 1 heteroatoms. The molecule has 10 heavy (non-hydrogen) atoms. The summed E-state index contributed by atoms with van der Waals surface area (Å²) in [5.74, 6) is 0. The molecule has 0 aliphatic carbocycles. The minimum absolute atomic E-state index is 0.779. The number of unbranched alkanes of at least 4 members (excludes halogenated alkanes) is 3. The first-order valence-corrected chi connectivity index (χ1v) is 4.45. The van der Waals surface area contributed by atoms with Crippen LogP contribution in [0.1, 0.15) is 39.5 Å². The van der Waals surface area contributed by atoms with Crippen molar-refractivity contribution in [2.24, 2.45) is 0 Å². The highest BCUT2D eigenvalue weighted by Crippen LogP contribution is 2.22. The number of hydrogen-bond acceptors (Lipinski definition) is 1. The van der Waals surface area contributed by atoms with Gasteiger partial charge in [-0.15, -0.1) is 0 Å². The van der Waals surface area contributed by atoms with E-state index in [4.69, 9.17) is 0 Å². The maximum absolute atomic E-state index is 2.41. The Labute approximate surface area is 64.4 Å². The molecule has 1 heterocycles. The molecule has 59 valence electrons. The molecular formula is C9H18N. The minimum atomic E-state index is 0.779. The third-order valence-corrected chi connectivity index (χ3v) is 2.11. The predicted octanol–water partition coefficient (Wildman–Crippen LogP) is 2.43. The van der Waals surface area contributed by atoms with E-state index in [1.165, 1.54) is 32.2 Å². The second kappa shape index (κ2) is 3.97. The molecule has 1 rings (SSSR count). The molecule has 0 spiro atoms. The van der Waals surface area contributed by atoms with Gasteiger partial charge >= 0.3 is 0 Å².